The molecule has 0 aromatic rings. The van der Waals surface area contributed by atoms with E-state index in [0.29, 0.717) is 0 Å². The Hall–Kier alpha value is -1.04. The molecule has 0 aliphatic heterocycles. The number of esters is 1. The first-order valence-corrected chi connectivity index (χ1v) is 6.17. The van der Waals surface area contributed by atoms with Crippen LogP contribution in [0.2, 0.25) is 0 Å². The van der Waals surface area contributed by atoms with Gasteiger partial charge in [0.05, 0.1) is 7.11 Å². The molecule has 0 atom stereocenters. The highest BCUT2D eigenvalue weighted by molar-refractivity contribution is 5.84. The lowest BCUT2D eigenvalue weighted by Gasteiger charge is -2.53. The summed E-state index contributed by atoms with van der Waals surface area (Å²) in [4.78, 5) is 15.8. The number of ether oxygens (including phenoxy) is 1. The molecular weight excluding hydrogens is 202 g/mol. The van der Waals surface area contributed by atoms with Gasteiger partial charge in [0, 0.05) is 11.8 Å². The summed E-state index contributed by atoms with van der Waals surface area (Å²) < 4.78 is 4.92. The Kier molecular flexibility index (Phi) is 2.04. The number of rotatable bonds is 1. The Labute approximate surface area is 96.0 Å². The van der Waals surface area contributed by atoms with Gasteiger partial charge in [-0.3, -0.25) is 4.85 Å². The van der Waals surface area contributed by atoms with Crippen LogP contribution < -0.4 is 0 Å². The number of methoxy groups -OCH3 is 1. The lowest BCUT2D eigenvalue weighted by atomic mass is 9.49. The van der Waals surface area contributed by atoms with Gasteiger partial charge in [0.25, 0.3) is 0 Å². The standard InChI is InChI=1S/C13H17NO2/c1-14-13(12(15)16-2)10-4-8-3-9(6-10)7-11(13)5-8/h8-11H,3-7H2,2H3. The van der Waals surface area contributed by atoms with Crippen molar-refractivity contribution in [2.75, 3.05) is 7.11 Å². The van der Waals surface area contributed by atoms with E-state index in [1.54, 1.807) is 0 Å². The first-order valence-electron chi connectivity index (χ1n) is 6.17. The molecule has 16 heavy (non-hydrogen) atoms. The van der Waals surface area contributed by atoms with Gasteiger partial charge >= 0.3 is 11.5 Å². The second-order valence-corrected chi connectivity index (χ2v) is 5.73. The number of carbonyl (C=O) groups is 1. The summed E-state index contributed by atoms with van der Waals surface area (Å²) in [6.45, 7) is 7.48. The molecule has 0 aromatic heterocycles. The van der Waals surface area contributed by atoms with E-state index in [9.17, 15) is 4.79 Å². The Bertz CT molecular complexity index is 341. The normalized spacial score (nSPS) is 48.8. The number of hydrogen-bond donors (Lipinski definition) is 0. The van der Waals surface area contributed by atoms with E-state index < -0.39 is 5.54 Å². The highest BCUT2D eigenvalue weighted by atomic mass is 16.5. The van der Waals surface area contributed by atoms with Crippen LogP contribution in [0.15, 0.2) is 0 Å². The quantitative estimate of drug-likeness (QED) is 0.500. The first kappa shape index (κ1) is 10.1. The average molecular weight is 219 g/mol. The monoisotopic (exact) mass is 219 g/mol. The topological polar surface area (TPSA) is 30.7 Å². The van der Waals surface area contributed by atoms with E-state index in [1.807, 2.05) is 0 Å². The smallest absolute Gasteiger partial charge is 0.393 e. The van der Waals surface area contributed by atoms with Crippen molar-refractivity contribution in [1.82, 2.24) is 0 Å². The lowest BCUT2D eigenvalue weighted by Crippen LogP contribution is -2.60. The molecule has 0 unspecified atom stereocenters. The molecule has 0 radical (unpaired) electrons. The minimum Gasteiger partial charge on any atom is -0.463 e. The summed E-state index contributed by atoms with van der Waals surface area (Å²) in [6.07, 6.45) is 5.63. The summed E-state index contributed by atoms with van der Waals surface area (Å²) in [5.74, 6) is 1.84. The minimum absolute atomic E-state index is 0.267. The van der Waals surface area contributed by atoms with Crippen molar-refractivity contribution < 1.29 is 9.53 Å². The Morgan fingerprint density at radius 1 is 1.19 bits per heavy atom. The molecule has 4 aliphatic rings. The SMILES string of the molecule is [C-]#[N+]C1(C(=O)OC)C2CC3CC(C2)CC1C3. The fourth-order valence-electron chi connectivity index (χ4n) is 4.63. The van der Waals surface area contributed by atoms with E-state index in [0.717, 1.165) is 37.5 Å². The van der Waals surface area contributed by atoms with E-state index in [1.165, 1.54) is 13.5 Å². The summed E-state index contributed by atoms with van der Waals surface area (Å²) in [5.41, 5.74) is -0.817. The second-order valence-electron chi connectivity index (χ2n) is 5.73. The summed E-state index contributed by atoms with van der Waals surface area (Å²) in [5, 5.41) is 0. The van der Waals surface area contributed by atoms with Gasteiger partial charge in [-0.15, -0.1) is 0 Å². The molecule has 0 aromatic carbocycles. The van der Waals surface area contributed by atoms with Crippen LogP contribution in [0.1, 0.15) is 32.1 Å². The van der Waals surface area contributed by atoms with Crippen LogP contribution in [0, 0.1) is 30.2 Å². The van der Waals surface area contributed by atoms with E-state index in [-0.39, 0.29) is 17.8 Å². The maximum absolute atomic E-state index is 12.0. The molecule has 4 bridgehead atoms. The maximum Gasteiger partial charge on any atom is 0.393 e. The zero-order valence-corrected chi connectivity index (χ0v) is 9.61. The molecule has 3 heteroatoms. The molecule has 3 nitrogen and oxygen atoms in total. The van der Waals surface area contributed by atoms with E-state index in [4.69, 9.17) is 11.3 Å². The molecule has 86 valence electrons. The van der Waals surface area contributed by atoms with E-state index in [2.05, 4.69) is 4.85 Å². The minimum atomic E-state index is -0.817. The van der Waals surface area contributed by atoms with Crippen LogP contribution in [-0.2, 0) is 9.53 Å². The predicted molar refractivity (Wildman–Crippen MR) is 58.4 cm³/mol. The van der Waals surface area contributed by atoms with Crippen molar-refractivity contribution in [3.8, 4) is 0 Å². The molecule has 4 saturated carbocycles. The largest absolute Gasteiger partial charge is 0.463 e. The Morgan fingerprint density at radius 3 is 2.06 bits per heavy atom. The molecule has 4 rings (SSSR count). The third-order valence-corrected chi connectivity index (χ3v) is 5.08. The number of nitrogens with zero attached hydrogens (tertiary/aromatic N) is 1. The number of carbonyl (C=O) groups excluding carboxylic acids is 1. The van der Waals surface area contributed by atoms with Crippen molar-refractivity contribution in [3.63, 3.8) is 0 Å². The summed E-state index contributed by atoms with van der Waals surface area (Å²) in [6, 6.07) is 0. The molecule has 0 N–H and O–H groups in total. The molecule has 0 saturated heterocycles. The number of hydrogen-bond acceptors (Lipinski definition) is 2. The molecular formula is C13H17NO2. The maximum atomic E-state index is 12.0. The van der Waals surface area contributed by atoms with Gasteiger partial charge in [-0.25, -0.2) is 11.4 Å². The Morgan fingerprint density at radius 2 is 1.69 bits per heavy atom. The first-order chi connectivity index (χ1) is 7.70. The molecule has 4 fully saturated rings. The zero-order chi connectivity index (χ0) is 11.3. The van der Waals surface area contributed by atoms with Gasteiger partial charge < -0.3 is 4.74 Å². The van der Waals surface area contributed by atoms with Crippen molar-refractivity contribution in [1.29, 1.82) is 0 Å². The average Bonchev–Trinajstić information content (AvgIpc) is 2.28. The van der Waals surface area contributed by atoms with Crippen LogP contribution >= 0.6 is 0 Å². The predicted octanol–water partition coefficient (Wildman–Crippen LogP) is 2.27. The van der Waals surface area contributed by atoms with Crippen LogP contribution in [0.25, 0.3) is 4.85 Å². The third kappa shape index (κ3) is 1.05. The second kappa shape index (κ2) is 3.23. The molecule has 0 spiro atoms. The summed E-state index contributed by atoms with van der Waals surface area (Å²) >= 11 is 0. The van der Waals surface area contributed by atoms with Crippen LogP contribution in [-0.4, -0.2) is 18.6 Å². The van der Waals surface area contributed by atoms with E-state index >= 15 is 0 Å². The van der Waals surface area contributed by atoms with Crippen molar-refractivity contribution in [2.45, 2.75) is 37.6 Å². The van der Waals surface area contributed by atoms with Gasteiger partial charge in [-0.2, -0.15) is 0 Å². The van der Waals surface area contributed by atoms with Gasteiger partial charge in [-0.1, -0.05) is 0 Å². The fraction of sp³-hybridized carbons (Fsp3) is 0.846. The van der Waals surface area contributed by atoms with Gasteiger partial charge in [0.15, 0.2) is 0 Å². The van der Waals surface area contributed by atoms with Crippen LogP contribution in [0.3, 0.4) is 0 Å². The molecule has 0 heterocycles. The Balaban J connectivity index is 2.01. The van der Waals surface area contributed by atoms with Gasteiger partial charge in [-0.05, 0) is 43.9 Å². The van der Waals surface area contributed by atoms with Crippen LogP contribution in [0.4, 0.5) is 0 Å². The molecule has 0 amide bonds. The van der Waals surface area contributed by atoms with Crippen LogP contribution in [0.5, 0.6) is 0 Å². The fourth-order valence-corrected chi connectivity index (χ4v) is 4.63. The zero-order valence-electron chi connectivity index (χ0n) is 9.61. The van der Waals surface area contributed by atoms with Crippen molar-refractivity contribution in [2.24, 2.45) is 23.7 Å². The highest BCUT2D eigenvalue weighted by Gasteiger charge is 2.67. The van der Waals surface area contributed by atoms with Crippen molar-refractivity contribution in [3.05, 3.63) is 11.4 Å². The van der Waals surface area contributed by atoms with Gasteiger partial charge in [0.2, 0.25) is 0 Å². The lowest BCUT2D eigenvalue weighted by molar-refractivity contribution is -0.159. The third-order valence-electron chi connectivity index (χ3n) is 5.08. The van der Waals surface area contributed by atoms with Gasteiger partial charge in [0.1, 0.15) is 0 Å². The highest BCUT2D eigenvalue weighted by Crippen LogP contribution is 2.60. The molecule has 4 aliphatic carbocycles. The van der Waals surface area contributed by atoms with Crippen molar-refractivity contribution >= 4 is 5.97 Å². The summed E-state index contributed by atoms with van der Waals surface area (Å²) in [7, 11) is 1.42.